The van der Waals surface area contributed by atoms with Gasteiger partial charge < -0.3 is 5.11 Å². The number of halogens is 2. The van der Waals surface area contributed by atoms with Crippen LogP contribution in [0.4, 0.5) is 13.6 Å². The third-order valence-corrected chi connectivity index (χ3v) is 2.69. The summed E-state index contributed by atoms with van der Waals surface area (Å²) < 4.78 is 27.4. The van der Waals surface area contributed by atoms with Crippen molar-refractivity contribution < 1.29 is 18.7 Å². The van der Waals surface area contributed by atoms with Crippen LogP contribution in [-0.2, 0) is 0 Å². The molecule has 94 valence electrons. The Bertz CT molecular complexity index is 522. The highest BCUT2D eigenvalue weighted by atomic mass is 19.1. The van der Waals surface area contributed by atoms with Crippen molar-refractivity contribution in [3.63, 3.8) is 0 Å². The van der Waals surface area contributed by atoms with Gasteiger partial charge in [-0.25, -0.2) is 13.6 Å². The molecule has 2 rings (SSSR count). The molecule has 1 amide bonds. The molecule has 0 fully saturated rings. The number of nitrogens with one attached hydrogen (secondary N) is 1. The van der Waals surface area contributed by atoms with Gasteiger partial charge in [0.05, 0.1) is 0 Å². The number of rotatable bonds is 2. The van der Waals surface area contributed by atoms with Crippen LogP contribution >= 0.6 is 0 Å². The quantitative estimate of drug-likeness (QED) is 0.793. The van der Waals surface area contributed by atoms with Crippen LogP contribution in [-0.4, -0.2) is 17.0 Å². The van der Waals surface area contributed by atoms with E-state index in [9.17, 15) is 13.6 Å². The molecule has 0 aromatic heterocycles. The summed E-state index contributed by atoms with van der Waals surface area (Å²) in [5.41, 5.74) is 0.615. The van der Waals surface area contributed by atoms with Crippen LogP contribution in [0.1, 0.15) is 12.0 Å². The van der Waals surface area contributed by atoms with Crippen molar-refractivity contribution >= 4 is 11.7 Å². The fourth-order valence-electron chi connectivity index (χ4n) is 1.88. The Labute approximate surface area is 102 Å². The van der Waals surface area contributed by atoms with Gasteiger partial charge in [-0.3, -0.25) is 5.32 Å². The Balaban J connectivity index is 2.39. The van der Waals surface area contributed by atoms with E-state index in [0.29, 0.717) is 5.56 Å². The Hall–Kier alpha value is -2.17. The third kappa shape index (κ3) is 2.40. The van der Waals surface area contributed by atoms with Gasteiger partial charge in [0, 0.05) is 12.0 Å². The van der Waals surface area contributed by atoms with Crippen LogP contribution in [0.15, 0.2) is 42.5 Å². The average Bonchev–Trinajstić information content (AvgIpc) is 2.29. The van der Waals surface area contributed by atoms with Crippen molar-refractivity contribution in [3.05, 3.63) is 53.9 Å². The second-order valence-corrected chi connectivity index (χ2v) is 3.95. The molecular weight excluding hydrogens is 240 g/mol. The summed E-state index contributed by atoms with van der Waals surface area (Å²) in [7, 11) is 0. The highest BCUT2D eigenvalue weighted by Crippen LogP contribution is 2.34. The molecule has 2 N–H and O–H groups in total. The van der Waals surface area contributed by atoms with E-state index >= 15 is 0 Å². The van der Waals surface area contributed by atoms with Crippen LogP contribution in [0, 0.1) is 5.82 Å². The lowest BCUT2D eigenvalue weighted by atomic mass is 9.90. The fraction of sp³-hybridized carbons (Fsp3) is 0.154. The molecular formula is C13H11F2NO2. The van der Waals surface area contributed by atoms with Gasteiger partial charge in [0.1, 0.15) is 5.82 Å². The zero-order chi connectivity index (χ0) is 13.2. The molecule has 1 aliphatic carbocycles. The molecule has 3 nitrogen and oxygen atoms in total. The molecule has 1 aliphatic rings. The van der Waals surface area contributed by atoms with Crippen LogP contribution in [0.25, 0.3) is 5.57 Å². The average molecular weight is 251 g/mol. The van der Waals surface area contributed by atoms with Gasteiger partial charge >= 0.3 is 6.09 Å². The van der Waals surface area contributed by atoms with E-state index in [1.54, 1.807) is 6.08 Å². The van der Waals surface area contributed by atoms with Gasteiger partial charge in [-0.2, -0.15) is 0 Å². The maximum absolute atomic E-state index is 14.6. The lowest BCUT2D eigenvalue weighted by molar-refractivity contribution is 0.147. The first-order valence-corrected chi connectivity index (χ1v) is 5.34. The van der Waals surface area contributed by atoms with Crippen molar-refractivity contribution in [3.8, 4) is 0 Å². The van der Waals surface area contributed by atoms with Crippen molar-refractivity contribution in [1.82, 2.24) is 5.32 Å². The summed E-state index contributed by atoms with van der Waals surface area (Å²) in [5.74, 6) is -2.61. The summed E-state index contributed by atoms with van der Waals surface area (Å²) >= 11 is 0. The molecule has 0 saturated carbocycles. The summed E-state index contributed by atoms with van der Waals surface area (Å²) in [5, 5.41) is 10.5. The van der Waals surface area contributed by atoms with E-state index in [4.69, 9.17) is 5.11 Å². The molecule has 0 radical (unpaired) electrons. The zero-order valence-corrected chi connectivity index (χ0v) is 9.36. The normalized spacial score (nSPS) is 22.4. The minimum absolute atomic E-state index is 0.0947. The number of amides is 1. The molecule has 1 aromatic carbocycles. The predicted molar refractivity (Wildman–Crippen MR) is 63.1 cm³/mol. The summed E-state index contributed by atoms with van der Waals surface area (Å²) in [4.78, 5) is 10.6. The van der Waals surface area contributed by atoms with Crippen molar-refractivity contribution in [2.75, 3.05) is 0 Å². The maximum Gasteiger partial charge on any atom is 0.407 e. The number of carboxylic acid groups (broad SMARTS) is 1. The van der Waals surface area contributed by atoms with Gasteiger partial charge in [0.2, 0.25) is 5.79 Å². The van der Waals surface area contributed by atoms with E-state index in [2.05, 4.69) is 0 Å². The Kier molecular flexibility index (Phi) is 3.14. The Morgan fingerprint density at radius 1 is 1.33 bits per heavy atom. The SMILES string of the molecule is O=C(O)NC1(F)CC=CC=C1c1ccc(F)cc1. The molecule has 0 spiro atoms. The second-order valence-electron chi connectivity index (χ2n) is 3.95. The predicted octanol–water partition coefficient (Wildman–Crippen LogP) is 3.10. The summed E-state index contributed by atoms with van der Waals surface area (Å²) in [6.07, 6.45) is 3.11. The number of benzene rings is 1. The highest BCUT2D eigenvalue weighted by molar-refractivity contribution is 5.79. The van der Waals surface area contributed by atoms with E-state index < -0.39 is 17.7 Å². The molecule has 0 saturated heterocycles. The monoisotopic (exact) mass is 251 g/mol. The lowest BCUT2D eigenvalue weighted by Gasteiger charge is -2.29. The van der Waals surface area contributed by atoms with E-state index in [1.165, 1.54) is 36.4 Å². The van der Waals surface area contributed by atoms with Crippen LogP contribution < -0.4 is 5.32 Å². The van der Waals surface area contributed by atoms with Gasteiger partial charge in [-0.15, -0.1) is 0 Å². The first-order valence-electron chi connectivity index (χ1n) is 5.34. The van der Waals surface area contributed by atoms with Gasteiger partial charge in [0.25, 0.3) is 0 Å². The molecule has 0 heterocycles. The number of allylic oxidation sites excluding steroid dienone is 2. The summed E-state index contributed by atoms with van der Waals surface area (Å²) in [6.45, 7) is 0. The Morgan fingerprint density at radius 3 is 2.61 bits per heavy atom. The first-order chi connectivity index (χ1) is 8.51. The van der Waals surface area contributed by atoms with Crippen LogP contribution in [0.3, 0.4) is 0 Å². The Morgan fingerprint density at radius 2 is 2.00 bits per heavy atom. The molecule has 0 aliphatic heterocycles. The first kappa shape index (κ1) is 12.3. The minimum atomic E-state index is -2.18. The van der Waals surface area contributed by atoms with Crippen molar-refractivity contribution in [1.29, 1.82) is 0 Å². The number of carbonyl (C=O) groups is 1. The van der Waals surface area contributed by atoms with Crippen molar-refractivity contribution in [2.45, 2.75) is 12.2 Å². The fourth-order valence-corrected chi connectivity index (χ4v) is 1.88. The van der Waals surface area contributed by atoms with E-state index in [1.807, 2.05) is 5.32 Å². The largest absolute Gasteiger partial charge is 0.465 e. The lowest BCUT2D eigenvalue weighted by Crippen LogP contribution is -2.45. The highest BCUT2D eigenvalue weighted by Gasteiger charge is 2.36. The van der Waals surface area contributed by atoms with E-state index in [-0.39, 0.29) is 12.0 Å². The smallest absolute Gasteiger partial charge is 0.407 e. The van der Waals surface area contributed by atoms with E-state index in [0.717, 1.165) is 0 Å². The van der Waals surface area contributed by atoms with Gasteiger partial charge in [-0.05, 0) is 17.7 Å². The topological polar surface area (TPSA) is 49.3 Å². The zero-order valence-electron chi connectivity index (χ0n) is 9.36. The number of alkyl halides is 1. The maximum atomic E-state index is 14.6. The molecule has 0 bridgehead atoms. The number of hydrogen-bond donors (Lipinski definition) is 2. The molecule has 1 aromatic rings. The summed E-state index contributed by atoms with van der Waals surface area (Å²) in [6, 6.07) is 5.24. The second kappa shape index (κ2) is 4.60. The van der Waals surface area contributed by atoms with Crippen LogP contribution in [0.5, 0.6) is 0 Å². The van der Waals surface area contributed by atoms with Gasteiger partial charge in [-0.1, -0.05) is 30.4 Å². The van der Waals surface area contributed by atoms with Gasteiger partial charge in [0.15, 0.2) is 0 Å². The molecule has 18 heavy (non-hydrogen) atoms. The third-order valence-electron chi connectivity index (χ3n) is 2.69. The van der Waals surface area contributed by atoms with Crippen LogP contribution in [0.2, 0.25) is 0 Å². The molecule has 1 atom stereocenters. The molecule has 1 unspecified atom stereocenters. The minimum Gasteiger partial charge on any atom is -0.465 e. The standard InChI is InChI=1S/C13H11F2NO2/c14-10-6-4-9(5-7-10)11-3-1-2-8-13(11,15)16-12(17)18/h1-7,16H,8H2,(H,17,18). The number of hydrogen-bond acceptors (Lipinski definition) is 1. The molecule has 5 heteroatoms. The van der Waals surface area contributed by atoms with Crippen molar-refractivity contribution in [2.24, 2.45) is 0 Å².